The predicted molar refractivity (Wildman–Crippen MR) is 33.6 cm³/mol. The fraction of sp³-hybridized carbons (Fsp3) is 1.00. The van der Waals surface area contributed by atoms with Crippen LogP contribution in [-0.4, -0.2) is 11.2 Å². The van der Waals surface area contributed by atoms with E-state index in [1.54, 1.807) is 0 Å². The molecule has 0 aliphatic heterocycles. The quantitative estimate of drug-likeness (QED) is 0.575. The largest absolute Gasteiger partial charge is 0.393 e. The van der Waals surface area contributed by atoms with E-state index in [1.807, 2.05) is 0 Å². The lowest BCUT2D eigenvalue weighted by Crippen LogP contribution is -2.16. The first-order valence-corrected chi connectivity index (χ1v) is 3.40. The van der Waals surface area contributed by atoms with Crippen LogP contribution in [0.4, 0.5) is 0 Å². The van der Waals surface area contributed by atoms with Crippen molar-refractivity contribution in [3.8, 4) is 0 Å². The van der Waals surface area contributed by atoms with Crippen molar-refractivity contribution >= 4 is 0 Å². The zero-order valence-electron chi connectivity index (χ0n) is 5.59. The van der Waals surface area contributed by atoms with E-state index in [9.17, 15) is 5.11 Å². The molecule has 0 amide bonds. The number of aliphatic hydroxyl groups is 1. The van der Waals surface area contributed by atoms with Crippen LogP contribution in [0.1, 0.15) is 26.7 Å². The standard InChI is InChI=1S/C7H14O/c1-5(2)7(8)6-3-4-6/h5-8H,3-4H2,1-2H3/t7-/m1/s1. The zero-order chi connectivity index (χ0) is 6.15. The van der Waals surface area contributed by atoms with Gasteiger partial charge in [0.2, 0.25) is 0 Å². The Morgan fingerprint density at radius 2 is 1.88 bits per heavy atom. The van der Waals surface area contributed by atoms with Gasteiger partial charge in [0, 0.05) is 0 Å². The molecule has 0 bridgehead atoms. The normalized spacial score (nSPS) is 24.0. The maximum atomic E-state index is 9.27. The summed E-state index contributed by atoms with van der Waals surface area (Å²) in [6.45, 7) is 4.14. The Morgan fingerprint density at radius 1 is 1.38 bits per heavy atom. The third-order valence-electron chi connectivity index (χ3n) is 1.79. The summed E-state index contributed by atoms with van der Waals surface area (Å²) in [7, 11) is 0. The highest BCUT2D eigenvalue weighted by molar-refractivity contribution is 4.82. The van der Waals surface area contributed by atoms with Gasteiger partial charge in [0.1, 0.15) is 0 Å². The van der Waals surface area contributed by atoms with Crippen LogP contribution in [-0.2, 0) is 0 Å². The second-order valence-corrected chi connectivity index (χ2v) is 3.07. The molecule has 0 saturated heterocycles. The molecule has 1 rings (SSSR count). The molecule has 1 nitrogen and oxygen atoms in total. The average Bonchev–Trinajstić information content (AvgIpc) is 2.43. The van der Waals surface area contributed by atoms with Gasteiger partial charge in [-0.3, -0.25) is 0 Å². The minimum atomic E-state index is -0.0185. The van der Waals surface area contributed by atoms with Gasteiger partial charge in [0.15, 0.2) is 0 Å². The third kappa shape index (κ3) is 1.22. The number of rotatable bonds is 2. The topological polar surface area (TPSA) is 20.2 Å². The van der Waals surface area contributed by atoms with Crippen LogP contribution in [0.15, 0.2) is 0 Å². The summed E-state index contributed by atoms with van der Waals surface area (Å²) in [5.74, 6) is 1.11. The highest BCUT2D eigenvalue weighted by Gasteiger charge is 2.31. The van der Waals surface area contributed by atoms with E-state index in [-0.39, 0.29) is 6.10 Å². The van der Waals surface area contributed by atoms with Crippen molar-refractivity contribution in [2.45, 2.75) is 32.8 Å². The summed E-state index contributed by atoms with van der Waals surface area (Å²) in [6, 6.07) is 0. The maximum absolute atomic E-state index is 9.27. The van der Waals surface area contributed by atoms with Crippen LogP contribution >= 0.6 is 0 Å². The van der Waals surface area contributed by atoms with E-state index in [0.717, 1.165) is 0 Å². The van der Waals surface area contributed by atoms with Crippen molar-refractivity contribution < 1.29 is 5.11 Å². The number of aliphatic hydroxyl groups excluding tert-OH is 1. The van der Waals surface area contributed by atoms with E-state index in [0.29, 0.717) is 11.8 Å². The molecule has 1 heteroatoms. The molecule has 1 aliphatic rings. The lowest BCUT2D eigenvalue weighted by molar-refractivity contribution is 0.103. The Labute approximate surface area is 50.7 Å². The molecule has 8 heavy (non-hydrogen) atoms. The smallest absolute Gasteiger partial charge is 0.0591 e. The fourth-order valence-electron chi connectivity index (χ4n) is 0.982. The fourth-order valence-corrected chi connectivity index (χ4v) is 0.982. The van der Waals surface area contributed by atoms with E-state index in [1.165, 1.54) is 12.8 Å². The summed E-state index contributed by atoms with van der Waals surface area (Å²) >= 11 is 0. The second kappa shape index (κ2) is 2.06. The van der Waals surface area contributed by atoms with Gasteiger partial charge in [-0.2, -0.15) is 0 Å². The van der Waals surface area contributed by atoms with Crippen LogP contribution < -0.4 is 0 Å². The van der Waals surface area contributed by atoms with E-state index < -0.39 is 0 Å². The van der Waals surface area contributed by atoms with Crippen molar-refractivity contribution in [2.24, 2.45) is 11.8 Å². The molecule has 0 aromatic rings. The first-order chi connectivity index (χ1) is 3.72. The molecule has 0 spiro atoms. The van der Waals surface area contributed by atoms with Gasteiger partial charge < -0.3 is 5.11 Å². The maximum Gasteiger partial charge on any atom is 0.0591 e. The zero-order valence-corrected chi connectivity index (χ0v) is 5.59. The molecule has 1 aliphatic carbocycles. The van der Waals surface area contributed by atoms with Crippen molar-refractivity contribution in [2.75, 3.05) is 0 Å². The summed E-state index contributed by atoms with van der Waals surface area (Å²) in [5.41, 5.74) is 0. The number of hydrogen-bond donors (Lipinski definition) is 1. The number of hydrogen-bond acceptors (Lipinski definition) is 1. The molecule has 1 fully saturated rings. The first kappa shape index (κ1) is 6.09. The van der Waals surface area contributed by atoms with Gasteiger partial charge in [-0.1, -0.05) is 13.8 Å². The SMILES string of the molecule is CC(C)[C@@H](O)C1CC1. The second-order valence-electron chi connectivity index (χ2n) is 3.07. The van der Waals surface area contributed by atoms with Gasteiger partial charge in [0.25, 0.3) is 0 Å². The molecule has 1 N–H and O–H groups in total. The summed E-state index contributed by atoms with van der Waals surface area (Å²) < 4.78 is 0. The molecule has 0 heterocycles. The van der Waals surface area contributed by atoms with E-state index in [2.05, 4.69) is 13.8 Å². The van der Waals surface area contributed by atoms with Gasteiger partial charge in [-0.25, -0.2) is 0 Å². The molecule has 48 valence electrons. The Bertz CT molecular complexity index is 72.5. The highest BCUT2D eigenvalue weighted by Crippen LogP contribution is 2.35. The molecule has 0 aromatic carbocycles. The Hall–Kier alpha value is -0.0400. The molecule has 0 unspecified atom stereocenters. The molecule has 1 atom stereocenters. The van der Waals surface area contributed by atoms with Crippen molar-refractivity contribution in [1.82, 2.24) is 0 Å². The first-order valence-electron chi connectivity index (χ1n) is 3.40. The van der Waals surface area contributed by atoms with Crippen molar-refractivity contribution in [3.63, 3.8) is 0 Å². The molecular weight excluding hydrogens is 100 g/mol. The minimum absolute atomic E-state index is 0.0185. The van der Waals surface area contributed by atoms with Crippen LogP contribution in [0.25, 0.3) is 0 Å². The van der Waals surface area contributed by atoms with Gasteiger partial charge >= 0.3 is 0 Å². The monoisotopic (exact) mass is 114 g/mol. The van der Waals surface area contributed by atoms with E-state index >= 15 is 0 Å². The summed E-state index contributed by atoms with van der Waals surface area (Å²) in [6.07, 6.45) is 2.48. The van der Waals surface area contributed by atoms with Gasteiger partial charge in [-0.15, -0.1) is 0 Å². The summed E-state index contributed by atoms with van der Waals surface area (Å²) in [4.78, 5) is 0. The van der Waals surface area contributed by atoms with Crippen LogP contribution in [0.2, 0.25) is 0 Å². The lowest BCUT2D eigenvalue weighted by Gasteiger charge is -2.11. The highest BCUT2D eigenvalue weighted by atomic mass is 16.3. The Kier molecular flexibility index (Phi) is 1.57. The molecular formula is C7H14O. The van der Waals surface area contributed by atoms with Gasteiger partial charge in [-0.05, 0) is 24.7 Å². The molecule has 0 radical (unpaired) electrons. The Morgan fingerprint density at radius 3 is 2.00 bits per heavy atom. The average molecular weight is 114 g/mol. The molecule has 1 saturated carbocycles. The van der Waals surface area contributed by atoms with Gasteiger partial charge in [0.05, 0.1) is 6.10 Å². The Balaban J connectivity index is 2.22. The van der Waals surface area contributed by atoms with Crippen LogP contribution in [0.3, 0.4) is 0 Å². The predicted octanol–water partition coefficient (Wildman–Crippen LogP) is 1.41. The minimum Gasteiger partial charge on any atom is -0.393 e. The summed E-state index contributed by atoms with van der Waals surface area (Å²) in [5, 5.41) is 9.27. The van der Waals surface area contributed by atoms with Crippen molar-refractivity contribution in [3.05, 3.63) is 0 Å². The van der Waals surface area contributed by atoms with Crippen LogP contribution in [0.5, 0.6) is 0 Å². The van der Waals surface area contributed by atoms with E-state index in [4.69, 9.17) is 0 Å². The van der Waals surface area contributed by atoms with Crippen molar-refractivity contribution in [1.29, 1.82) is 0 Å². The van der Waals surface area contributed by atoms with Crippen LogP contribution in [0, 0.1) is 11.8 Å². The lowest BCUT2D eigenvalue weighted by atomic mass is 10.0. The molecule has 0 aromatic heterocycles. The third-order valence-corrected chi connectivity index (χ3v) is 1.79.